The minimum atomic E-state index is 0.821. The van der Waals surface area contributed by atoms with Gasteiger partial charge < -0.3 is 0 Å². The molecule has 0 bridgehead atoms. The molecule has 0 aliphatic carbocycles. The topological polar surface area (TPSA) is 0 Å². The van der Waals surface area contributed by atoms with Gasteiger partial charge >= 0.3 is 0 Å². The van der Waals surface area contributed by atoms with Gasteiger partial charge in [0.2, 0.25) is 0 Å². The van der Waals surface area contributed by atoms with Gasteiger partial charge in [-0.2, -0.15) is 0 Å². The molecule has 1 aromatic heterocycles. The van der Waals surface area contributed by atoms with Crippen LogP contribution in [0.25, 0.3) is 10.4 Å². The van der Waals surface area contributed by atoms with Gasteiger partial charge in [-0.3, -0.25) is 0 Å². The van der Waals surface area contributed by atoms with Gasteiger partial charge in [-0.15, -0.1) is 11.3 Å². The summed E-state index contributed by atoms with van der Waals surface area (Å²) in [5, 5.41) is 2.82. The van der Waals surface area contributed by atoms with Crippen molar-refractivity contribution in [2.24, 2.45) is 0 Å². The number of halogens is 1. The molecule has 0 fully saturated rings. The van der Waals surface area contributed by atoms with Gasteiger partial charge in [-0.1, -0.05) is 35.9 Å². The Kier molecular flexibility index (Phi) is 2.38. The van der Waals surface area contributed by atoms with Crippen molar-refractivity contribution in [2.75, 3.05) is 0 Å². The molecule has 0 unspecified atom stereocenters. The molecule has 0 aliphatic heterocycles. The molecular formula is C11H8ClS. The van der Waals surface area contributed by atoms with Crippen molar-refractivity contribution in [3.8, 4) is 10.4 Å². The second-order valence-corrected chi connectivity index (χ2v) is 4.12. The van der Waals surface area contributed by atoms with Crippen LogP contribution in [0.1, 0.15) is 5.56 Å². The monoisotopic (exact) mass is 207 g/mol. The van der Waals surface area contributed by atoms with Gasteiger partial charge in [-0.25, -0.2) is 0 Å². The summed E-state index contributed by atoms with van der Waals surface area (Å²) in [6.45, 7) is 3.84. The quantitative estimate of drug-likeness (QED) is 0.656. The van der Waals surface area contributed by atoms with Crippen LogP contribution in [0.2, 0.25) is 5.02 Å². The Balaban J connectivity index is 2.47. The van der Waals surface area contributed by atoms with E-state index in [1.165, 1.54) is 0 Å². The van der Waals surface area contributed by atoms with E-state index in [1.807, 2.05) is 35.7 Å². The lowest BCUT2D eigenvalue weighted by Crippen LogP contribution is -1.74. The fourth-order valence-corrected chi connectivity index (χ4v) is 2.33. The Morgan fingerprint density at radius 1 is 1.08 bits per heavy atom. The lowest BCUT2D eigenvalue weighted by atomic mass is 10.1. The highest BCUT2D eigenvalue weighted by Gasteiger charge is 2.03. The Bertz CT molecular complexity index is 400. The number of thiophene rings is 1. The Hall–Kier alpha value is -0.790. The molecule has 0 N–H and O–H groups in total. The molecule has 0 amide bonds. The van der Waals surface area contributed by atoms with E-state index in [-0.39, 0.29) is 0 Å². The van der Waals surface area contributed by atoms with Crippen LogP contribution in [-0.4, -0.2) is 0 Å². The van der Waals surface area contributed by atoms with Crippen LogP contribution in [-0.2, 0) is 0 Å². The molecule has 0 nitrogen and oxygen atoms in total. The van der Waals surface area contributed by atoms with Crippen molar-refractivity contribution in [3.63, 3.8) is 0 Å². The van der Waals surface area contributed by atoms with Crippen LogP contribution < -0.4 is 0 Å². The molecule has 0 aliphatic rings. The van der Waals surface area contributed by atoms with Crippen LogP contribution in [0.5, 0.6) is 0 Å². The standard InChI is InChI=1S/C11H8ClS/c1-8-2-4-9(5-3-8)11-10(12)6-7-13-11/h2-7H,1H2. The molecular weight excluding hydrogens is 200 g/mol. The number of hydrogen-bond acceptors (Lipinski definition) is 1. The van der Waals surface area contributed by atoms with Crippen molar-refractivity contribution in [3.05, 3.63) is 53.2 Å². The second kappa shape index (κ2) is 3.52. The zero-order valence-corrected chi connectivity index (χ0v) is 8.53. The highest BCUT2D eigenvalue weighted by atomic mass is 35.5. The molecule has 0 saturated heterocycles. The summed E-state index contributed by atoms with van der Waals surface area (Å²) in [5.41, 5.74) is 2.18. The summed E-state index contributed by atoms with van der Waals surface area (Å²) < 4.78 is 0. The molecule has 1 heterocycles. The molecule has 1 aromatic carbocycles. The van der Waals surface area contributed by atoms with E-state index in [0.717, 1.165) is 21.0 Å². The fourth-order valence-electron chi connectivity index (χ4n) is 1.16. The van der Waals surface area contributed by atoms with Gasteiger partial charge in [0.25, 0.3) is 0 Å². The predicted molar refractivity (Wildman–Crippen MR) is 59.2 cm³/mol. The van der Waals surface area contributed by atoms with E-state index in [2.05, 4.69) is 6.92 Å². The minimum absolute atomic E-state index is 0.821. The van der Waals surface area contributed by atoms with E-state index >= 15 is 0 Å². The first-order chi connectivity index (χ1) is 6.27. The van der Waals surface area contributed by atoms with E-state index in [9.17, 15) is 0 Å². The zero-order valence-electron chi connectivity index (χ0n) is 6.96. The number of benzene rings is 1. The van der Waals surface area contributed by atoms with Crippen LogP contribution >= 0.6 is 22.9 Å². The first-order valence-electron chi connectivity index (χ1n) is 3.93. The fraction of sp³-hybridized carbons (Fsp3) is 0. The van der Waals surface area contributed by atoms with Gasteiger partial charge in [0.15, 0.2) is 0 Å². The molecule has 1 radical (unpaired) electrons. The smallest absolute Gasteiger partial charge is 0.0592 e. The van der Waals surface area contributed by atoms with Crippen molar-refractivity contribution < 1.29 is 0 Å². The third-order valence-electron chi connectivity index (χ3n) is 1.83. The molecule has 65 valence electrons. The lowest BCUT2D eigenvalue weighted by Gasteiger charge is -1.98. The van der Waals surface area contributed by atoms with Gasteiger partial charge in [0, 0.05) is 0 Å². The van der Waals surface area contributed by atoms with Crippen LogP contribution in [0.4, 0.5) is 0 Å². The first-order valence-corrected chi connectivity index (χ1v) is 5.18. The third kappa shape index (κ3) is 1.77. The van der Waals surface area contributed by atoms with Crippen LogP contribution in [0.3, 0.4) is 0 Å². The first kappa shape index (κ1) is 8.79. The normalized spacial score (nSPS) is 10.3. The van der Waals surface area contributed by atoms with E-state index in [4.69, 9.17) is 11.6 Å². The number of rotatable bonds is 1. The second-order valence-electron chi connectivity index (χ2n) is 2.79. The maximum atomic E-state index is 6.01. The van der Waals surface area contributed by atoms with E-state index in [1.54, 1.807) is 11.3 Å². The average Bonchev–Trinajstić information content (AvgIpc) is 2.53. The van der Waals surface area contributed by atoms with Gasteiger partial charge in [0.05, 0.1) is 9.90 Å². The molecule has 0 atom stereocenters. The van der Waals surface area contributed by atoms with Crippen molar-refractivity contribution in [1.29, 1.82) is 0 Å². The number of hydrogen-bond donors (Lipinski definition) is 0. The molecule has 0 saturated carbocycles. The average molecular weight is 208 g/mol. The lowest BCUT2D eigenvalue weighted by molar-refractivity contribution is 1.61. The predicted octanol–water partition coefficient (Wildman–Crippen LogP) is 4.25. The zero-order chi connectivity index (χ0) is 9.26. The maximum Gasteiger partial charge on any atom is 0.0592 e. The van der Waals surface area contributed by atoms with Crippen molar-refractivity contribution in [2.45, 2.75) is 0 Å². The van der Waals surface area contributed by atoms with E-state index in [0.29, 0.717) is 0 Å². The molecule has 0 spiro atoms. The minimum Gasteiger partial charge on any atom is -0.142 e. The SMILES string of the molecule is [CH2]c1ccc(-c2sccc2Cl)cc1. The van der Waals surface area contributed by atoms with Gasteiger partial charge in [-0.05, 0) is 29.5 Å². The Labute approximate surface area is 86.8 Å². The summed E-state index contributed by atoms with van der Waals surface area (Å²) in [4.78, 5) is 1.13. The largest absolute Gasteiger partial charge is 0.142 e. The Morgan fingerprint density at radius 2 is 1.77 bits per heavy atom. The summed E-state index contributed by atoms with van der Waals surface area (Å²) in [5.74, 6) is 0. The van der Waals surface area contributed by atoms with Gasteiger partial charge in [0.1, 0.15) is 0 Å². The molecule has 2 aromatic rings. The van der Waals surface area contributed by atoms with Crippen LogP contribution in [0, 0.1) is 6.92 Å². The summed E-state index contributed by atoms with van der Waals surface area (Å²) in [6.07, 6.45) is 0. The van der Waals surface area contributed by atoms with Crippen molar-refractivity contribution in [1.82, 2.24) is 0 Å². The van der Waals surface area contributed by atoms with Crippen molar-refractivity contribution >= 4 is 22.9 Å². The summed E-state index contributed by atoms with van der Waals surface area (Å²) >= 11 is 7.67. The highest BCUT2D eigenvalue weighted by molar-refractivity contribution is 7.14. The molecule has 13 heavy (non-hydrogen) atoms. The third-order valence-corrected chi connectivity index (χ3v) is 3.22. The Morgan fingerprint density at radius 3 is 2.31 bits per heavy atom. The summed E-state index contributed by atoms with van der Waals surface area (Å²) in [7, 11) is 0. The van der Waals surface area contributed by atoms with Crippen LogP contribution in [0.15, 0.2) is 35.7 Å². The molecule has 2 heteroatoms. The summed E-state index contributed by atoms with van der Waals surface area (Å²) in [6, 6.07) is 9.98. The molecule has 2 rings (SSSR count). The van der Waals surface area contributed by atoms with E-state index < -0.39 is 0 Å². The maximum absolute atomic E-state index is 6.01. The highest BCUT2D eigenvalue weighted by Crippen LogP contribution is 2.32.